The second-order valence-corrected chi connectivity index (χ2v) is 6.13. The molecule has 3 amide bonds. The molecule has 0 fully saturated rings. The van der Waals surface area contributed by atoms with Gasteiger partial charge < -0.3 is 20.9 Å². The van der Waals surface area contributed by atoms with Crippen LogP contribution in [-0.4, -0.2) is 40.4 Å². The van der Waals surface area contributed by atoms with Crippen LogP contribution in [0, 0.1) is 12.8 Å². The van der Waals surface area contributed by atoms with E-state index in [0.29, 0.717) is 5.82 Å². The zero-order valence-electron chi connectivity index (χ0n) is 13.9. The Balaban J connectivity index is 2.20. The second-order valence-electron chi connectivity index (χ2n) is 6.13. The van der Waals surface area contributed by atoms with Crippen LogP contribution in [0.2, 0.25) is 0 Å². The number of aromatic nitrogens is 2. The molecule has 1 heterocycles. The molecular formula is C16H23N5O2. The van der Waals surface area contributed by atoms with Gasteiger partial charge in [-0.3, -0.25) is 4.79 Å². The van der Waals surface area contributed by atoms with Gasteiger partial charge in [0.15, 0.2) is 0 Å². The quantitative estimate of drug-likeness (QED) is 0.781. The van der Waals surface area contributed by atoms with E-state index in [2.05, 4.69) is 15.3 Å². The smallest absolute Gasteiger partial charge is 0.314 e. The average Bonchev–Trinajstić information content (AvgIpc) is 2.86. The highest BCUT2D eigenvalue weighted by atomic mass is 16.2. The van der Waals surface area contributed by atoms with Crippen molar-refractivity contribution in [3.05, 3.63) is 29.6 Å². The number of hydrogen-bond donors (Lipinski definition) is 3. The number of hydrogen-bond acceptors (Lipinski definition) is 3. The summed E-state index contributed by atoms with van der Waals surface area (Å²) in [6.07, 6.45) is 0. The van der Waals surface area contributed by atoms with Crippen molar-refractivity contribution in [2.75, 3.05) is 13.6 Å². The minimum atomic E-state index is -0.638. The van der Waals surface area contributed by atoms with Gasteiger partial charge in [0.1, 0.15) is 12.4 Å². The number of aromatic amines is 1. The summed E-state index contributed by atoms with van der Waals surface area (Å²) in [6, 6.07) is 5.06. The van der Waals surface area contributed by atoms with Crippen LogP contribution in [-0.2, 0) is 4.79 Å². The predicted octanol–water partition coefficient (Wildman–Crippen LogP) is 1.70. The summed E-state index contributed by atoms with van der Waals surface area (Å²) in [7, 11) is 1.48. The normalized spacial score (nSPS) is 12.4. The number of likely N-dealkylation sites (N-methyl/N-ethyl adjacent to an activating group) is 1. The fourth-order valence-corrected chi connectivity index (χ4v) is 2.35. The molecular weight excluding hydrogens is 294 g/mol. The summed E-state index contributed by atoms with van der Waals surface area (Å²) in [5.41, 5.74) is 8.08. The lowest BCUT2D eigenvalue weighted by molar-refractivity contribution is -0.122. The number of nitrogens with zero attached hydrogens (tertiary/aromatic N) is 2. The van der Waals surface area contributed by atoms with E-state index in [1.807, 2.05) is 39.0 Å². The summed E-state index contributed by atoms with van der Waals surface area (Å²) >= 11 is 0. The first-order chi connectivity index (χ1) is 10.8. The molecule has 1 atom stereocenters. The maximum Gasteiger partial charge on any atom is 0.314 e. The molecule has 23 heavy (non-hydrogen) atoms. The highest BCUT2D eigenvalue weighted by Gasteiger charge is 2.22. The number of carbonyl (C=O) groups is 2. The number of nitrogens with two attached hydrogens (primary N) is 1. The topological polar surface area (TPSA) is 104 Å². The third kappa shape index (κ3) is 4.00. The van der Waals surface area contributed by atoms with Crippen LogP contribution in [0.1, 0.15) is 31.3 Å². The first-order valence-electron chi connectivity index (χ1n) is 7.54. The molecule has 0 aliphatic heterocycles. The standard InChI is InChI=1S/C16H23N5O2/c1-9(2)14(20-13(22)8-21(4)16(17)23)15-18-11-6-5-10(3)7-12(11)19-15/h5-7,9,14H,8H2,1-4H3,(H2,17,23)(H,18,19)(H,20,22). The monoisotopic (exact) mass is 317 g/mol. The lowest BCUT2D eigenvalue weighted by Crippen LogP contribution is -2.43. The van der Waals surface area contributed by atoms with Crippen molar-refractivity contribution in [2.24, 2.45) is 11.7 Å². The number of imidazole rings is 1. The van der Waals surface area contributed by atoms with Crippen molar-refractivity contribution in [3.8, 4) is 0 Å². The molecule has 2 rings (SSSR count). The Labute approximate surface area is 135 Å². The summed E-state index contributed by atoms with van der Waals surface area (Å²) in [4.78, 5) is 32.1. The molecule has 0 radical (unpaired) electrons. The minimum Gasteiger partial charge on any atom is -0.351 e. The maximum absolute atomic E-state index is 12.1. The summed E-state index contributed by atoms with van der Waals surface area (Å²) in [5.74, 6) is 0.566. The highest BCUT2D eigenvalue weighted by molar-refractivity contribution is 5.83. The molecule has 0 saturated heterocycles. The van der Waals surface area contributed by atoms with Crippen LogP contribution in [0.3, 0.4) is 0 Å². The van der Waals surface area contributed by atoms with E-state index in [9.17, 15) is 9.59 Å². The Morgan fingerprint density at radius 3 is 2.70 bits per heavy atom. The Hall–Kier alpha value is -2.57. The minimum absolute atomic E-state index is 0.0854. The highest BCUT2D eigenvalue weighted by Crippen LogP contribution is 2.22. The van der Waals surface area contributed by atoms with Crippen molar-refractivity contribution < 1.29 is 9.59 Å². The third-order valence-corrected chi connectivity index (χ3v) is 3.69. The van der Waals surface area contributed by atoms with Crippen molar-refractivity contribution in [1.82, 2.24) is 20.2 Å². The van der Waals surface area contributed by atoms with Gasteiger partial charge in [-0.15, -0.1) is 0 Å². The lowest BCUT2D eigenvalue weighted by Gasteiger charge is -2.22. The largest absolute Gasteiger partial charge is 0.351 e. The van der Waals surface area contributed by atoms with Crippen molar-refractivity contribution in [3.63, 3.8) is 0 Å². The number of rotatable bonds is 5. The first kappa shape index (κ1) is 16.8. The van der Waals surface area contributed by atoms with Gasteiger partial charge in [0.05, 0.1) is 17.1 Å². The Kier molecular flexibility index (Phi) is 4.88. The van der Waals surface area contributed by atoms with Crippen molar-refractivity contribution in [1.29, 1.82) is 0 Å². The van der Waals surface area contributed by atoms with Gasteiger partial charge in [-0.1, -0.05) is 19.9 Å². The summed E-state index contributed by atoms with van der Waals surface area (Å²) < 4.78 is 0. The average molecular weight is 317 g/mol. The SMILES string of the molecule is Cc1ccc2nc(C(NC(=O)CN(C)C(N)=O)C(C)C)[nH]c2c1. The van der Waals surface area contributed by atoms with E-state index < -0.39 is 6.03 Å². The number of benzene rings is 1. The van der Waals surface area contributed by atoms with Crippen LogP contribution < -0.4 is 11.1 Å². The maximum atomic E-state index is 12.1. The van der Waals surface area contributed by atoms with Gasteiger partial charge in [-0.25, -0.2) is 9.78 Å². The Morgan fingerprint density at radius 2 is 2.09 bits per heavy atom. The van der Waals surface area contributed by atoms with E-state index in [1.165, 1.54) is 7.05 Å². The van der Waals surface area contributed by atoms with Crippen LogP contribution in [0.25, 0.3) is 11.0 Å². The zero-order valence-corrected chi connectivity index (χ0v) is 13.9. The van der Waals surface area contributed by atoms with Crippen LogP contribution in [0.4, 0.5) is 4.79 Å². The van der Waals surface area contributed by atoms with Gasteiger partial charge in [-0.05, 0) is 30.5 Å². The summed E-state index contributed by atoms with van der Waals surface area (Å²) in [5, 5.41) is 2.91. The van der Waals surface area contributed by atoms with Gasteiger partial charge in [-0.2, -0.15) is 0 Å². The van der Waals surface area contributed by atoms with Crippen LogP contribution in [0.5, 0.6) is 0 Å². The number of urea groups is 1. The number of fused-ring (bicyclic) bond motifs is 1. The molecule has 124 valence electrons. The van der Waals surface area contributed by atoms with E-state index in [1.54, 1.807) is 0 Å². The van der Waals surface area contributed by atoms with E-state index in [0.717, 1.165) is 21.5 Å². The van der Waals surface area contributed by atoms with Gasteiger partial charge in [0.25, 0.3) is 0 Å². The predicted molar refractivity (Wildman–Crippen MR) is 88.8 cm³/mol. The number of amides is 3. The van der Waals surface area contributed by atoms with Gasteiger partial charge in [0.2, 0.25) is 5.91 Å². The van der Waals surface area contributed by atoms with Crippen LogP contribution >= 0.6 is 0 Å². The molecule has 7 heteroatoms. The van der Waals surface area contributed by atoms with Crippen molar-refractivity contribution >= 4 is 23.0 Å². The molecule has 0 aliphatic carbocycles. The lowest BCUT2D eigenvalue weighted by atomic mass is 10.0. The number of aryl methyl sites for hydroxylation is 1. The number of primary amides is 1. The molecule has 0 bridgehead atoms. The molecule has 1 aromatic heterocycles. The fourth-order valence-electron chi connectivity index (χ4n) is 2.35. The fraction of sp³-hybridized carbons (Fsp3) is 0.438. The molecule has 4 N–H and O–H groups in total. The molecule has 0 spiro atoms. The number of nitrogens with one attached hydrogen (secondary N) is 2. The summed E-state index contributed by atoms with van der Waals surface area (Å²) in [6.45, 7) is 5.93. The van der Waals surface area contributed by atoms with Crippen molar-refractivity contribution in [2.45, 2.75) is 26.8 Å². The van der Waals surface area contributed by atoms with Gasteiger partial charge >= 0.3 is 6.03 Å². The number of carbonyl (C=O) groups excluding carboxylic acids is 2. The molecule has 7 nitrogen and oxygen atoms in total. The number of H-pyrrole nitrogens is 1. The van der Waals surface area contributed by atoms with E-state index >= 15 is 0 Å². The Morgan fingerprint density at radius 1 is 1.39 bits per heavy atom. The molecule has 1 unspecified atom stereocenters. The zero-order chi connectivity index (χ0) is 17.1. The Bertz CT molecular complexity index is 722. The van der Waals surface area contributed by atoms with Gasteiger partial charge in [0, 0.05) is 7.05 Å². The molecule has 2 aromatic rings. The third-order valence-electron chi connectivity index (χ3n) is 3.69. The first-order valence-corrected chi connectivity index (χ1v) is 7.54. The molecule has 0 aliphatic rings. The van der Waals surface area contributed by atoms with E-state index in [-0.39, 0.29) is 24.4 Å². The molecule has 1 aromatic carbocycles. The second kappa shape index (κ2) is 6.68. The van der Waals surface area contributed by atoms with E-state index in [4.69, 9.17) is 5.73 Å². The van der Waals surface area contributed by atoms with Crippen LogP contribution in [0.15, 0.2) is 18.2 Å². The molecule has 0 saturated carbocycles.